The zero-order valence-corrected chi connectivity index (χ0v) is 28.5. The first kappa shape index (κ1) is 37.4. The number of phenols is 2. The first-order chi connectivity index (χ1) is 22.2. The molecule has 2 aliphatic heterocycles. The van der Waals surface area contributed by atoms with Crippen LogP contribution >= 0.6 is 9.90 Å². The SMILES string of the molecule is CC.CC(c1ccc2c(c1)C(=O)N(c1ccc(O)cc1)C2=O)(c1ccc2c(c1)C(=O)N(c1ccc(O)cc1)C2=O)C(F)(F)F.CCC.P. The van der Waals surface area contributed by atoms with E-state index < -0.39 is 35.2 Å². The van der Waals surface area contributed by atoms with E-state index in [1.807, 2.05) is 13.8 Å². The summed E-state index contributed by atoms with van der Waals surface area (Å²) in [6, 6.07) is 17.0. The lowest BCUT2D eigenvalue weighted by Gasteiger charge is -2.33. The van der Waals surface area contributed by atoms with Crippen LogP contribution in [0.3, 0.4) is 0 Å². The van der Waals surface area contributed by atoms with Crippen LogP contribution in [0.2, 0.25) is 0 Å². The van der Waals surface area contributed by atoms with E-state index in [1.54, 1.807) is 0 Å². The fraction of sp³-hybridized carbons (Fsp3) is 0.222. The summed E-state index contributed by atoms with van der Waals surface area (Å²) in [6.45, 7) is 9.15. The molecule has 0 aromatic heterocycles. The second-order valence-corrected chi connectivity index (χ2v) is 10.8. The molecule has 4 aromatic carbocycles. The molecule has 4 amide bonds. The molecule has 0 bridgehead atoms. The Bertz CT molecular complexity index is 1730. The van der Waals surface area contributed by atoms with Crippen LogP contribution in [-0.2, 0) is 5.41 Å². The highest BCUT2D eigenvalue weighted by Gasteiger charge is 2.55. The molecule has 2 heterocycles. The molecular weight excluding hydrogens is 644 g/mol. The van der Waals surface area contributed by atoms with Crippen molar-refractivity contribution in [2.24, 2.45) is 0 Å². The van der Waals surface area contributed by atoms with Crippen LogP contribution in [0.25, 0.3) is 0 Å². The molecule has 8 nitrogen and oxygen atoms in total. The van der Waals surface area contributed by atoms with E-state index >= 15 is 0 Å². The number of amides is 4. The van der Waals surface area contributed by atoms with E-state index in [4.69, 9.17) is 0 Å². The van der Waals surface area contributed by atoms with Gasteiger partial charge in [0.25, 0.3) is 23.6 Å². The first-order valence-electron chi connectivity index (χ1n) is 15.0. The fourth-order valence-corrected chi connectivity index (χ4v) is 5.27. The van der Waals surface area contributed by atoms with Crippen molar-refractivity contribution in [3.8, 4) is 11.5 Å². The molecular formula is C36H36F3N2O6P. The number of hydrogen-bond donors (Lipinski definition) is 2. The predicted octanol–water partition coefficient (Wildman–Crippen LogP) is 8.07. The van der Waals surface area contributed by atoms with E-state index in [9.17, 15) is 42.6 Å². The number of carbonyl (C=O) groups is 4. The molecule has 0 saturated heterocycles. The van der Waals surface area contributed by atoms with Crippen molar-refractivity contribution in [1.82, 2.24) is 0 Å². The summed E-state index contributed by atoms with van der Waals surface area (Å²) in [5, 5.41) is 19.1. The van der Waals surface area contributed by atoms with Crippen molar-refractivity contribution in [3.63, 3.8) is 0 Å². The summed E-state index contributed by atoms with van der Waals surface area (Å²) >= 11 is 0. The Kier molecular flexibility index (Phi) is 11.2. The molecule has 0 aliphatic carbocycles. The van der Waals surface area contributed by atoms with Gasteiger partial charge in [0.2, 0.25) is 0 Å². The van der Waals surface area contributed by atoms with Crippen LogP contribution < -0.4 is 9.80 Å². The van der Waals surface area contributed by atoms with Gasteiger partial charge >= 0.3 is 6.18 Å². The molecule has 48 heavy (non-hydrogen) atoms. The van der Waals surface area contributed by atoms with Gasteiger partial charge in [-0.3, -0.25) is 19.2 Å². The third kappa shape index (κ3) is 6.30. The Morgan fingerprint density at radius 2 is 0.854 bits per heavy atom. The lowest BCUT2D eigenvalue weighted by Crippen LogP contribution is -2.41. The van der Waals surface area contributed by atoms with Crippen LogP contribution in [0, 0.1) is 0 Å². The molecule has 0 fully saturated rings. The largest absolute Gasteiger partial charge is 0.508 e. The monoisotopic (exact) mass is 680 g/mol. The Morgan fingerprint density at radius 3 is 1.15 bits per heavy atom. The molecule has 2 N–H and O–H groups in total. The maximum absolute atomic E-state index is 14.9. The summed E-state index contributed by atoms with van der Waals surface area (Å²) in [5.41, 5.74) is -3.80. The lowest BCUT2D eigenvalue weighted by atomic mass is 9.74. The average Bonchev–Trinajstić information content (AvgIpc) is 3.45. The smallest absolute Gasteiger partial charge is 0.402 e. The van der Waals surface area contributed by atoms with Gasteiger partial charge in [-0.2, -0.15) is 23.1 Å². The number of phenolic OH excluding ortho intramolecular Hbond substituents is 2. The van der Waals surface area contributed by atoms with Crippen molar-refractivity contribution in [3.05, 3.63) is 118 Å². The number of hydrogen-bond acceptors (Lipinski definition) is 6. The second-order valence-electron chi connectivity index (χ2n) is 10.8. The number of carbonyl (C=O) groups excluding carboxylic acids is 4. The highest BCUT2D eigenvalue weighted by Crippen LogP contribution is 2.48. The number of anilines is 2. The number of aromatic hydroxyl groups is 2. The molecule has 0 saturated carbocycles. The van der Waals surface area contributed by atoms with Gasteiger partial charge in [-0.25, -0.2) is 9.80 Å². The highest BCUT2D eigenvalue weighted by molar-refractivity contribution is 6.92. The van der Waals surface area contributed by atoms with Gasteiger partial charge in [0.05, 0.1) is 33.6 Å². The van der Waals surface area contributed by atoms with Crippen molar-refractivity contribution in [2.45, 2.75) is 52.6 Å². The zero-order chi connectivity index (χ0) is 34.8. The zero-order valence-electron chi connectivity index (χ0n) is 27.1. The molecule has 2 aliphatic rings. The number of alkyl halides is 3. The minimum Gasteiger partial charge on any atom is -0.508 e. The van der Waals surface area contributed by atoms with Crippen molar-refractivity contribution >= 4 is 44.9 Å². The van der Waals surface area contributed by atoms with E-state index in [0.717, 1.165) is 53.1 Å². The minimum atomic E-state index is -4.93. The summed E-state index contributed by atoms with van der Waals surface area (Å²) in [6.07, 6.45) is -3.68. The van der Waals surface area contributed by atoms with Gasteiger partial charge in [0.1, 0.15) is 16.9 Å². The molecule has 4 aromatic rings. The highest BCUT2D eigenvalue weighted by atomic mass is 31.0. The van der Waals surface area contributed by atoms with E-state index in [1.165, 1.54) is 55.0 Å². The van der Waals surface area contributed by atoms with Gasteiger partial charge in [0.15, 0.2) is 0 Å². The van der Waals surface area contributed by atoms with Crippen LogP contribution in [-0.4, -0.2) is 40.0 Å². The van der Waals surface area contributed by atoms with E-state index in [0.29, 0.717) is 0 Å². The molecule has 1 atom stereocenters. The Hall–Kier alpha value is -5.02. The van der Waals surface area contributed by atoms with Crippen molar-refractivity contribution in [2.75, 3.05) is 9.80 Å². The average molecular weight is 681 g/mol. The number of imide groups is 2. The molecule has 252 valence electrons. The van der Waals surface area contributed by atoms with Crippen LogP contribution in [0.15, 0.2) is 84.9 Å². The minimum absolute atomic E-state index is 0. The van der Waals surface area contributed by atoms with Gasteiger partial charge in [0, 0.05) is 0 Å². The van der Waals surface area contributed by atoms with E-state index in [2.05, 4.69) is 13.8 Å². The van der Waals surface area contributed by atoms with Gasteiger partial charge in [-0.15, -0.1) is 0 Å². The van der Waals surface area contributed by atoms with Gasteiger partial charge < -0.3 is 10.2 Å². The van der Waals surface area contributed by atoms with Gasteiger partial charge in [-0.1, -0.05) is 46.2 Å². The summed E-state index contributed by atoms with van der Waals surface area (Å²) in [7, 11) is 0. The standard InChI is InChI=1S/C31H19F3N2O6.C3H8.C2H6.H3P/c1-30(31(32,33)34,16-2-12-22-24(14-16)28(41)35(26(22)39)18-4-8-20(37)9-5-18)17-3-13-23-25(15-17)29(42)36(27(23)40)19-6-10-21(38)11-7-19;1-3-2;1-2;/h2-15,37-38H,1H3;3H2,1-2H3;1-2H3;1H3. The van der Waals surface area contributed by atoms with Crippen LogP contribution in [0.1, 0.15) is 93.6 Å². The number of rotatable bonds is 4. The Morgan fingerprint density at radius 1 is 0.562 bits per heavy atom. The normalized spacial score (nSPS) is 13.6. The molecule has 12 heteroatoms. The number of nitrogens with zero attached hydrogens (tertiary/aromatic N) is 2. The van der Waals surface area contributed by atoms with Crippen LogP contribution in [0.5, 0.6) is 11.5 Å². The summed E-state index contributed by atoms with van der Waals surface area (Å²) in [4.78, 5) is 54.1. The van der Waals surface area contributed by atoms with Gasteiger partial charge in [-0.05, 0) is 90.8 Å². The topological polar surface area (TPSA) is 115 Å². The first-order valence-corrected chi connectivity index (χ1v) is 15.0. The molecule has 0 spiro atoms. The third-order valence-electron chi connectivity index (χ3n) is 7.71. The fourth-order valence-electron chi connectivity index (χ4n) is 5.27. The molecule has 6 rings (SSSR count). The number of fused-ring (bicyclic) bond motifs is 2. The number of benzene rings is 4. The number of halogens is 3. The third-order valence-corrected chi connectivity index (χ3v) is 7.71. The maximum Gasteiger partial charge on any atom is 0.402 e. The Labute approximate surface area is 279 Å². The van der Waals surface area contributed by atoms with Crippen molar-refractivity contribution < 1.29 is 42.6 Å². The van der Waals surface area contributed by atoms with Crippen LogP contribution in [0.4, 0.5) is 24.5 Å². The summed E-state index contributed by atoms with van der Waals surface area (Å²) < 4.78 is 44.7. The quantitative estimate of drug-likeness (QED) is 0.166. The van der Waals surface area contributed by atoms with Crippen molar-refractivity contribution in [1.29, 1.82) is 0 Å². The van der Waals surface area contributed by atoms with E-state index in [-0.39, 0.29) is 66.2 Å². The Balaban J connectivity index is 0.000000987. The summed E-state index contributed by atoms with van der Waals surface area (Å²) in [5.74, 6) is -3.30. The lowest BCUT2D eigenvalue weighted by molar-refractivity contribution is -0.173. The molecule has 1 unspecified atom stereocenters. The predicted molar refractivity (Wildman–Crippen MR) is 182 cm³/mol. The second kappa shape index (κ2) is 14.4. The maximum atomic E-state index is 14.9. The molecule has 0 radical (unpaired) electrons.